The van der Waals surface area contributed by atoms with E-state index in [9.17, 15) is 9.90 Å². The Hall–Kier alpha value is -2.69. The number of carboxylic acid groups (broad SMARTS) is 1. The van der Waals surface area contributed by atoms with E-state index >= 15 is 0 Å². The third-order valence-electron chi connectivity index (χ3n) is 3.04. The molecule has 1 atom stereocenters. The summed E-state index contributed by atoms with van der Waals surface area (Å²) in [5, 5.41) is 12.5. The van der Waals surface area contributed by atoms with Crippen molar-refractivity contribution in [2.45, 2.75) is 6.04 Å². The lowest BCUT2D eigenvalue weighted by Crippen LogP contribution is -2.20. The van der Waals surface area contributed by atoms with Crippen LogP contribution in [0, 0.1) is 0 Å². The smallest absolute Gasteiger partial charge is 0.330 e. The zero-order valence-electron chi connectivity index (χ0n) is 11.9. The fourth-order valence-corrected chi connectivity index (χ4v) is 1.98. The minimum Gasteiger partial charge on any atom is -0.497 e. The Balaban J connectivity index is 2.36. The standard InChI is InChI=1S/C16H17NO4/c1-20-13-8-11(9-14(10-13)21-2)15(16(18)19)17-12-6-4-3-5-7-12/h3-10,15,17H,1-2H3,(H,18,19). The first-order valence-electron chi connectivity index (χ1n) is 6.41. The molecule has 0 spiro atoms. The Morgan fingerprint density at radius 2 is 1.62 bits per heavy atom. The van der Waals surface area contributed by atoms with Crippen LogP contribution in [0.3, 0.4) is 0 Å². The molecule has 0 bridgehead atoms. The van der Waals surface area contributed by atoms with E-state index in [0.29, 0.717) is 17.1 Å². The van der Waals surface area contributed by atoms with Gasteiger partial charge >= 0.3 is 5.97 Å². The van der Waals surface area contributed by atoms with Crippen LogP contribution in [0.1, 0.15) is 11.6 Å². The molecule has 0 aromatic heterocycles. The van der Waals surface area contributed by atoms with Crippen LogP contribution in [0.5, 0.6) is 11.5 Å². The second-order valence-corrected chi connectivity index (χ2v) is 4.43. The van der Waals surface area contributed by atoms with Gasteiger partial charge < -0.3 is 19.9 Å². The number of hydrogen-bond acceptors (Lipinski definition) is 4. The molecule has 2 aromatic carbocycles. The van der Waals surface area contributed by atoms with Gasteiger partial charge in [0.2, 0.25) is 0 Å². The topological polar surface area (TPSA) is 67.8 Å². The van der Waals surface area contributed by atoms with Crippen molar-refractivity contribution >= 4 is 11.7 Å². The SMILES string of the molecule is COc1cc(OC)cc(C(Nc2ccccc2)C(=O)O)c1. The van der Waals surface area contributed by atoms with Crippen LogP contribution in [0.15, 0.2) is 48.5 Å². The van der Waals surface area contributed by atoms with Crippen LogP contribution in [0.4, 0.5) is 5.69 Å². The lowest BCUT2D eigenvalue weighted by Gasteiger charge is -2.18. The molecule has 0 radical (unpaired) electrons. The second-order valence-electron chi connectivity index (χ2n) is 4.43. The molecule has 5 heteroatoms. The van der Waals surface area contributed by atoms with E-state index in [0.717, 1.165) is 5.69 Å². The Kier molecular flexibility index (Phi) is 4.66. The Morgan fingerprint density at radius 3 is 2.10 bits per heavy atom. The van der Waals surface area contributed by atoms with Crippen molar-refractivity contribution < 1.29 is 19.4 Å². The van der Waals surface area contributed by atoms with E-state index in [1.165, 1.54) is 14.2 Å². The number of nitrogens with one attached hydrogen (secondary N) is 1. The monoisotopic (exact) mass is 287 g/mol. The van der Waals surface area contributed by atoms with Gasteiger partial charge in [0.25, 0.3) is 0 Å². The molecule has 0 heterocycles. The molecule has 2 N–H and O–H groups in total. The maximum Gasteiger partial charge on any atom is 0.330 e. The molecule has 0 saturated carbocycles. The number of benzene rings is 2. The fourth-order valence-electron chi connectivity index (χ4n) is 1.98. The maximum absolute atomic E-state index is 11.6. The summed E-state index contributed by atoms with van der Waals surface area (Å²) < 4.78 is 10.4. The van der Waals surface area contributed by atoms with Crippen LogP contribution in [-0.2, 0) is 4.79 Å². The number of hydrogen-bond donors (Lipinski definition) is 2. The summed E-state index contributed by atoms with van der Waals surface area (Å²) in [6, 6.07) is 13.3. The molecule has 2 rings (SSSR count). The van der Waals surface area contributed by atoms with E-state index in [1.54, 1.807) is 18.2 Å². The highest BCUT2D eigenvalue weighted by molar-refractivity contribution is 5.79. The van der Waals surface area contributed by atoms with E-state index in [-0.39, 0.29) is 0 Å². The number of rotatable bonds is 6. The van der Waals surface area contributed by atoms with Crippen molar-refractivity contribution in [3.8, 4) is 11.5 Å². The van der Waals surface area contributed by atoms with Gasteiger partial charge in [-0.2, -0.15) is 0 Å². The normalized spacial score (nSPS) is 11.5. The van der Waals surface area contributed by atoms with Gasteiger partial charge in [0.1, 0.15) is 11.5 Å². The van der Waals surface area contributed by atoms with Crippen molar-refractivity contribution in [1.82, 2.24) is 0 Å². The van der Waals surface area contributed by atoms with Crippen LogP contribution in [0.25, 0.3) is 0 Å². The molecule has 0 aliphatic rings. The van der Waals surface area contributed by atoms with Gasteiger partial charge in [-0.05, 0) is 29.8 Å². The van der Waals surface area contributed by atoms with Gasteiger partial charge in [-0.25, -0.2) is 4.79 Å². The zero-order chi connectivity index (χ0) is 15.2. The predicted molar refractivity (Wildman–Crippen MR) is 80.0 cm³/mol. The molecule has 0 aliphatic carbocycles. The Bertz CT molecular complexity index is 591. The van der Waals surface area contributed by atoms with Gasteiger partial charge in [-0.1, -0.05) is 18.2 Å². The molecule has 0 aliphatic heterocycles. The van der Waals surface area contributed by atoms with Crippen LogP contribution in [-0.4, -0.2) is 25.3 Å². The molecule has 21 heavy (non-hydrogen) atoms. The molecular formula is C16H17NO4. The number of carboxylic acids is 1. The van der Waals surface area contributed by atoms with Crippen molar-refractivity contribution in [2.75, 3.05) is 19.5 Å². The highest BCUT2D eigenvalue weighted by Crippen LogP contribution is 2.28. The molecule has 5 nitrogen and oxygen atoms in total. The lowest BCUT2D eigenvalue weighted by atomic mass is 10.1. The lowest BCUT2D eigenvalue weighted by molar-refractivity contribution is -0.138. The molecule has 0 saturated heterocycles. The third kappa shape index (κ3) is 3.66. The molecule has 110 valence electrons. The first-order chi connectivity index (χ1) is 10.1. The summed E-state index contributed by atoms with van der Waals surface area (Å²) >= 11 is 0. The van der Waals surface area contributed by atoms with Gasteiger partial charge in [0, 0.05) is 11.8 Å². The Labute approximate surface area is 123 Å². The summed E-state index contributed by atoms with van der Waals surface area (Å²) in [7, 11) is 3.05. The van der Waals surface area contributed by atoms with Gasteiger partial charge in [-0.3, -0.25) is 0 Å². The summed E-state index contributed by atoms with van der Waals surface area (Å²) in [6.45, 7) is 0. The second kappa shape index (κ2) is 6.65. The summed E-state index contributed by atoms with van der Waals surface area (Å²) in [4.78, 5) is 11.6. The number of anilines is 1. The maximum atomic E-state index is 11.6. The highest BCUT2D eigenvalue weighted by atomic mass is 16.5. The largest absolute Gasteiger partial charge is 0.497 e. The first kappa shape index (κ1) is 14.7. The van der Waals surface area contributed by atoms with E-state index < -0.39 is 12.0 Å². The van der Waals surface area contributed by atoms with Crippen molar-refractivity contribution in [3.63, 3.8) is 0 Å². The summed E-state index contributed by atoms with van der Waals surface area (Å²) in [5.41, 5.74) is 1.29. The van der Waals surface area contributed by atoms with Gasteiger partial charge in [0.05, 0.1) is 14.2 Å². The minimum absolute atomic E-state index is 0.547. The number of para-hydroxylation sites is 1. The van der Waals surface area contributed by atoms with Crippen LogP contribution in [0.2, 0.25) is 0 Å². The predicted octanol–water partition coefficient (Wildman–Crippen LogP) is 2.94. The third-order valence-corrected chi connectivity index (χ3v) is 3.04. The van der Waals surface area contributed by atoms with Crippen LogP contribution >= 0.6 is 0 Å². The molecule has 1 unspecified atom stereocenters. The zero-order valence-corrected chi connectivity index (χ0v) is 11.9. The number of carbonyl (C=O) groups is 1. The van der Waals surface area contributed by atoms with Crippen molar-refractivity contribution in [3.05, 3.63) is 54.1 Å². The van der Waals surface area contributed by atoms with Crippen LogP contribution < -0.4 is 14.8 Å². The highest BCUT2D eigenvalue weighted by Gasteiger charge is 2.21. The average molecular weight is 287 g/mol. The molecule has 0 amide bonds. The molecular weight excluding hydrogens is 270 g/mol. The average Bonchev–Trinajstić information content (AvgIpc) is 2.52. The van der Waals surface area contributed by atoms with Crippen molar-refractivity contribution in [2.24, 2.45) is 0 Å². The first-order valence-corrected chi connectivity index (χ1v) is 6.41. The molecule has 0 fully saturated rings. The molecule has 2 aromatic rings. The van der Waals surface area contributed by atoms with E-state index in [1.807, 2.05) is 30.3 Å². The van der Waals surface area contributed by atoms with Crippen molar-refractivity contribution in [1.29, 1.82) is 0 Å². The number of methoxy groups -OCH3 is 2. The van der Waals surface area contributed by atoms with Gasteiger partial charge in [-0.15, -0.1) is 0 Å². The minimum atomic E-state index is -0.978. The van der Waals surface area contributed by atoms with E-state index in [4.69, 9.17) is 9.47 Å². The Morgan fingerprint density at radius 1 is 1.05 bits per heavy atom. The number of aliphatic carboxylic acids is 1. The van der Waals surface area contributed by atoms with E-state index in [2.05, 4.69) is 5.32 Å². The van der Waals surface area contributed by atoms with Gasteiger partial charge in [0.15, 0.2) is 6.04 Å². The summed E-state index contributed by atoms with van der Waals surface area (Å²) in [6.07, 6.45) is 0. The quantitative estimate of drug-likeness (QED) is 0.855. The fraction of sp³-hybridized carbons (Fsp3) is 0.188. The number of ether oxygens (including phenoxy) is 2. The summed E-state index contributed by atoms with van der Waals surface area (Å²) in [5.74, 6) is 0.116.